The number of carbonyl (C=O) groups excluding carboxylic acids is 5. The van der Waals surface area contributed by atoms with Gasteiger partial charge in [0.25, 0.3) is 5.91 Å². The van der Waals surface area contributed by atoms with E-state index < -0.39 is 41.9 Å². The number of esters is 2. The highest BCUT2D eigenvalue weighted by atomic mass is 16.6. The molecular weight excluding hydrogens is 498 g/mol. The number of nitrogens with one attached hydrogen (secondary N) is 2. The first-order valence-corrected chi connectivity index (χ1v) is 12.0. The summed E-state index contributed by atoms with van der Waals surface area (Å²) in [6.45, 7) is 5.17. The molecule has 2 aromatic carbocycles. The van der Waals surface area contributed by atoms with Gasteiger partial charge in [-0.1, -0.05) is 6.07 Å². The third kappa shape index (κ3) is 5.24. The molecule has 2 aromatic rings. The number of imide groups is 1. The normalized spacial score (nSPS) is 18.0. The number of urea groups is 1. The second-order valence-corrected chi connectivity index (χ2v) is 8.59. The van der Waals surface area contributed by atoms with Gasteiger partial charge in [-0.25, -0.2) is 14.4 Å². The number of nitrogens with zero attached hydrogens (tertiary/aromatic N) is 1. The third-order valence-electron chi connectivity index (χ3n) is 5.94. The minimum atomic E-state index is -1.44. The molecule has 0 bridgehead atoms. The van der Waals surface area contributed by atoms with Crippen LogP contribution in [0.1, 0.15) is 47.1 Å². The summed E-state index contributed by atoms with van der Waals surface area (Å²) in [6, 6.07) is 8.10. The summed E-state index contributed by atoms with van der Waals surface area (Å²) in [5.74, 6) is -1.77. The van der Waals surface area contributed by atoms with E-state index in [1.807, 2.05) is 0 Å². The molecule has 38 heavy (non-hydrogen) atoms. The highest BCUT2D eigenvalue weighted by Gasteiger charge is 2.49. The van der Waals surface area contributed by atoms with Gasteiger partial charge in [0.15, 0.2) is 11.5 Å². The van der Waals surface area contributed by atoms with Crippen LogP contribution < -0.4 is 20.1 Å². The monoisotopic (exact) mass is 525 g/mol. The number of hydrogen-bond acceptors (Lipinski definition) is 9. The molecule has 12 heteroatoms. The molecule has 12 nitrogen and oxygen atoms in total. The van der Waals surface area contributed by atoms with Crippen LogP contribution in [0.25, 0.3) is 0 Å². The van der Waals surface area contributed by atoms with Crippen LogP contribution in [-0.4, -0.2) is 67.7 Å². The average Bonchev–Trinajstić information content (AvgIpc) is 3.12. The second kappa shape index (κ2) is 10.8. The summed E-state index contributed by atoms with van der Waals surface area (Å²) < 4.78 is 21.1. The Morgan fingerprint density at radius 2 is 1.55 bits per heavy atom. The molecule has 0 aliphatic carbocycles. The van der Waals surface area contributed by atoms with Crippen molar-refractivity contribution >= 4 is 35.5 Å². The minimum Gasteiger partial charge on any atom is -0.486 e. The van der Waals surface area contributed by atoms with Gasteiger partial charge in [0, 0.05) is 5.69 Å². The zero-order chi connectivity index (χ0) is 27.4. The highest BCUT2D eigenvalue weighted by molar-refractivity contribution is 6.10. The summed E-state index contributed by atoms with van der Waals surface area (Å²) >= 11 is 0. The van der Waals surface area contributed by atoms with Crippen LogP contribution in [0.2, 0.25) is 0 Å². The van der Waals surface area contributed by atoms with Gasteiger partial charge in [0.2, 0.25) is 5.91 Å². The van der Waals surface area contributed by atoms with Crippen molar-refractivity contribution in [3.8, 4) is 11.5 Å². The average molecular weight is 526 g/mol. The predicted octanol–water partition coefficient (Wildman–Crippen LogP) is 2.22. The third-order valence-corrected chi connectivity index (χ3v) is 5.94. The Bertz CT molecular complexity index is 1270. The molecule has 0 spiro atoms. The number of fused-ring (bicyclic) bond motifs is 1. The molecule has 2 aliphatic heterocycles. The quantitative estimate of drug-likeness (QED) is 0.391. The zero-order valence-electron chi connectivity index (χ0n) is 21.1. The fourth-order valence-electron chi connectivity index (χ4n) is 4.10. The fourth-order valence-corrected chi connectivity index (χ4v) is 4.10. The Balaban J connectivity index is 1.52. The summed E-state index contributed by atoms with van der Waals surface area (Å²) in [5, 5.41) is 5.17. The first-order valence-electron chi connectivity index (χ1n) is 12.0. The van der Waals surface area contributed by atoms with Crippen LogP contribution in [0.4, 0.5) is 10.5 Å². The van der Waals surface area contributed by atoms with Crippen LogP contribution >= 0.6 is 0 Å². The molecule has 1 atom stereocenters. The van der Waals surface area contributed by atoms with E-state index in [1.165, 1.54) is 25.1 Å². The lowest BCUT2D eigenvalue weighted by Gasteiger charge is -2.25. The summed E-state index contributed by atoms with van der Waals surface area (Å²) in [7, 11) is 0. The standard InChI is InChI=1S/C26H27N3O9/c1-4-35-22(31)15-10-16(23(32)36-5-2)12-18(11-15)27-21(30)14-29-24(33)26(3,28-25(29)34)17-6-7-19-20(13-17)38-9-8-37-19/h6-7,10-13H,4-5,8-9,14H2,1-3H3,(H,27,30)(H,28,34). The Labute approximate surface area is 218 Å². The van der Waals surface area contributed by atoms with Crippen molar-refractivity contribution in [2.75, 3.05) is 38.3 Å². The molecule has 1 unspecified atom stereocenters. The molecule has 2 heterocycles. The summed E-state index contributed by atoms with van der Waals surface area (Å²) in [6.07, 6.45) is 0. The molecule has 4 amide bonds. The Morgan fingerprint density at radius 1 is 0.947 bits per heavy atom. The second-order valence-electron chi connectivity index (χ2n) is 8.59. The number of ether oxygens (including phenoxy) is 4. The Kier molecular flexibility index (Phi) is 7.51. The number of amides is 4. The van der Waals surface area contributed by atoms with E-state index >= 15 is 0 Å². The van der Waals surface area contributed by atoms with Crippen LogP contribution in [0.15, 0.2) is 36.4 Å². The summed E-state index contributed by atoms with van der Waals surface area (Å²) in [4.78, 5) is 64.2. The van der Waals surface area contributed by atoms with Gasteiger partial charge in [-0.05, 0) is 56.7 Å². The molecule has 1 saturated heterocycles. The van der Waals surface area contributed by atoms with E-state index in [4.69, 9.17) is 18.9 Å². The highest BCUT2D eigenvalue weighted by Crippen LogP contribution is 2.36. The van der Waals surface area contributed by atoms with Crippen molar-refractivity contribution in [2.24, 2.45) is 0 Å². The number of carbonyl (C=O) groups is 5. The van der Waals surface area contributed by atoms with Gasteiger partial charge in [-0.15, -0.1) is 0 Å². The van der Waals surface area contributed by atoms with Crippen molar-refractivity contribution < 1.29 is 42.9 Å². The topological polar surface area (TPSA) is 150 Å². The van der Waals surface area contributed by atoms with Crippen molar-refractivity contribution in [2.45, 2.75) is 26.3 Å². The van der Waals surface area contributed by atoms with Crippen LogP contribution in [0.3, 0.4) is 0 Å². The van der Waals surface area contributed by atoms with Gasteiger partial charge in [-0.2, -0.15) is 0 Å². The Hall–Kier alpha value is -4.61. The molecule has 2 aliphatic rings. The molecule has 1 fully saturated rings. The molecule has 200 valence electrons. The van der Waals surface area contributed by atoms with Gasteiger partial charge >= 0.3 is 18.0 Å². The van der Waals surface area contributed by atoms with Crippen molar-refractivity contribution in [1.82, 2.24) is 10.2 Å². The lowest BCUT2D eigenvalue weighted by Crippen LogP contribution is -2.42. The van der Waals surface area contributed by atoms with E-state index in [0.29, 0.717) is 30.3 Å². The number of benzene rings is 2. The number of rotatable bonds is 8. The van der Waals surface area contributed by atoms with Crippen LogP contribution in [-0.2, 0) is 24.6 Å². The lowest BCUT2D eigenvalue weighted by atomic mass is 9.91. The maximum atomic E-state index is 13.3. The lowest BCUT2D eigenvalue weighted by molar-refractivity contribution is -0.133. The Morgan fingerprint density at radius 3 is 2.16 bits per heavy atom. The van der Waals surface area contributed by atoms with Crippen molar-refractivity contribution in [3.05, 3.63) is 53.1 Å². The largest absolute Gasteiger partial charge is 0.486 e. The maximum absolute atomic E-state index is 13.3. The van der Waals surface area contributed by atoms with Gasteiger partial charge < -0.3 is 29.6 Å². The molecule has 4 rings (SSSR count). The van der Waals surface area contributed by atoms with Gasteiger partial charge in [-0.3, -0.25) is 14.5 Å². The van der Waals surface area contributed by atoms with E-state index in [-0.39, 0.29) is 30.0 Å². The van der Waals surface area contributed by atoms with E-state index in [9.17, 15) is 24.0 Å². The maximum Gasteiger partial charge on any atom is 0.338 e. The summed E-state index contributed by atoms with van der Waals surface area (Å²) in [5.41, 5.74) is -0.842. The van der Waals surface area contributed by atoms with Crippen molar-refractivity contribution in [1.29, 1.82) is 0 Å². The molecule has 0 radical (unpaired) electrons. The van der Waals surface area contributed by atoms with E-state index in [2.05, 4.69) is 10.6 Å². The van der Waals surface area contributed by atoms with Crippen LogP contribution in [0, 0.1) is 0 Å². The first-order chi connectivity index (χ1) is 18.2. The number of hydrogen-bond donors (Lipinski definition) is 2. The van der Waals surface area contributed by atoms with E-state index in [1.54, 1.807) is 32.0 Å². The van der Waals surface area contributed by atoms with Gasteiger partial charge in [0.05, 0.1) is 24.3 Å². The molecule has 0 aromatic heterocycles. The minimum absolute atomic E-state index is 0.0221. The van der Waals surface area contributed by atoms with E-state index in [0.717, 1.165) is 4.90 Å². The smallest absolute Gasteiger partial charge is 0.338 e. The van der Waals surface area contributed by atoms with Crippen molar-refractivity contribution in [3.63, 3.8) is 0 Å². The zero-order valence-corrected chi connectivity index (χ0v) is 21.1. The number of anilines is 1. The molecule has 2 N–H and O–H groups in total. The first kappa shape index (κ1) is 26.5. The molecule has 0 saturated carbocycles. The predicted molar refractivity (Wildman–Crippen MR) is 132 cm³/mol. The van der Waals surface area contributed by atoms with Crippen LogP contribution in [0.5, 0.6) is 11.5 Å². The molecular formula is C26H27N3O9. The SMILES string of the molecule is CCOC(=O)c1cc(NC(=O)CN2C(=O)NC(C)(c3ccc4c(c3)OCCO4)C2=O)cc(C(=O)OCC)c1. The van der Waals surface area contributed by atoms with Gasteiger partial charge in [0.1, 0.15) is 25.3 Å². The fraction of sp³-hybridized carbons (Fsp3) is 0.346.